The predicted octanol–water partition coefficient (Wildman–Crippen LogP) is 0.196. The monoisotopic (exact) mass is 213 g/mol. The number of hydrogen-bond donors (Lipinski definition) is 2. The van der Waals surface area contributed by atoms with Crippen LogP contribution in [-0.2, 0) is 4.79 Å². The number of hydrogen-bond acceptors (Lipinski definition) is 3. The number of piperazine rings is 1. The van der Waals surface area contributed by atoms with Gasteiger partial charge in [-0.25, -0.2) is 0 Å². The maximum absolute atomic E-state index is 11.6. The molecule has 0 bridgehead atoms. The van der Waals surface area contributed by atoms with E-state index in [9.17, 15) is 4.79 Å². The van der Waals surface area contributed by atoms with Crippen LogP contribution in [0.4, 0.5) is 0 Å². The van der Waals surface area contributed by atoms with Crippen LogP contribution in [0.1, 0.15) is 26.7 Å². The van der Waals surface area contributed by atoms with E-state index in [1.807, 2.05) is 0 Å². The van der Waals surface area contributed by atoms with Crippen LogP contribution in [0.3, 0.4) is 0 Å². The minimum atomic E-state index is 0.165. The molecule has 1 fully saturated rings. The summed E-state index contributed by atoms with van der Waals surface area (Å²) in [5.74, 6) is 0.165. The number of nitrogens with one attached hydrogen (secondary N) is 2. The normalized spacial score (nSPS) is 19.9. The van der Waals surface area contributed by atoms with Gasteiger partial charge in [-0.15, -0.1) is 0 Å². The van der Waals surface area contributed by atoms with Crippen LogP contribution in [0.2, 0.25) is 0 Å². The summed E-state index contributed by atoms with van der Waals surface area (Å²) in [5.41, 5.74) is 0. The molecule has 15 heavy (non-hydrogen) atoms. The topological polar surface area (TPSA) is 44.4 Å². The molecule has 0 aromatic carbocycles. The van der Waals surface area contributed by atoms with Gasteiger partial charge < -0.3 is 10.6 Å². The molecule has 1 saturated heterocycles. The van der Waals surface area contributed by atoms with Crippen LogP contribution in [-0.4, -0.2) is 49.6 Å². The van der Waals surface area contributed by atoms with Gasteiger partial charge in [-0.2, -0.15) is 0 Å². The highest BCUT2D eigenvalue weighted by molar-refractivity contribution is 5.78. The first-order valence-corrected chi connectivity index (χ1v) is 5.94. The Balaban J connectivity index is 2.16. The number of nitrogens with zero attached hydrogens (tertiary/aromatic N) is 1. The molecule has 88 valence electrons. The SMILES string of the molecule is CCCC(C)NC(=O)CN1CCNCC1. The van der Waals surface area contributed by atoms with E-state index in [1.165, 1.54) is 0 Å². The summed E-state index contributed by atoms with van der Waals surface area (Å²) in [6.07, 6.45) is 2.18. The van der Waals surface area contributed by atoms with Gasteiger partial charge in [0.1, 0.15) is 0 Å². The van der Waals surface area contributed by atoms with Crippen molar-refractivity contribution in [2.45, 2.75) is 32.7 Å². The van der Waals surface area contributed by atoms with Gasteiger partial charge >= 0.3 is 0 Å². The predicted molar refractivity (Wildman–Crippen MR) is 61.8 cm³/mol. The Bertz CT molecular complexity index is 190. The van der Waals surface area contributed by atoms with Crippen molar-refractivity contribution in [3.05, 3.63) is 0 Å². The smallest absolute Gasteiger partial charge is 0.234 e. The Labute approximate surface area is 92.4 Å². The van der Waals surface area contributed by atoms with Crippen molar-refractivity contribution in [2.24, 2.45) is 0 Å². The quantitative estimate of drug-likeness (QED) is 0.685. The van der Waals surface area contributed by atoms with Gasteiger partial charge in [0.15, 0.2) is 0 Å². The molecule has 1 rings (SSSR count). The molecule has 1 heterocycles. The van der Waals surface area contributed by atoms with Crippen LogP contribution < -0.4 is 10.6 Å². The van der Waals surface area contributed by atoms with Crippen LogP contribution in [0.15, 0.2) is 0 Å². The Morgan fingerprint density at radius 2 is 2.13 bits per heavy atom. The molecule has 0 saturated carbocycles. The van der Waals surface area contributed by atoms with Crippen LogP contribution >= 0.6 is 0 Å². The minimum absolute atomic E-state index is 0.165. The van der Waals surface area contributed by atoms with E-state index in [0.29, 0.717) is 12.6 Å². The highest BCUT2D eigenvalue weighted by Gasteiger charge is 2.14. The molecule has 1 atom stereocenters. The molecule has 0 aliphatic carbocycles. The van der Waals surface area contributed by atoms with E-state index < -0.39 is 0 Å². The zero-order valence-electron chi connectivity index (χ0n) is 9.88. The van der Waals surface area contributed by atoms with Crippen molar-refractivity contribution in [1.29, 1.82) is 0 Å². The third kappa shape index (κ3) is 5.14. The molecular weight excluding hydrogens is 190 g/mol. The summed E-state index contributed by atoms with van der Waals surface area (Å²) in [7, 11) is 0. The summed E-state index contributed by atoms with van der Waals surface area (Å²) in [6, 6.07) is 0.311. The fourth-order valence-electron chi connectivity index (χ4n) is 1.90. The number of carbonyl (C=O) groups is 1. The lowest BCUT2D eigenvalue weighted by Crippen LogP contribution is -2.48. The molecule has 1 aliphatic rings. The molecule has 4 nitrogen and oxygen atoms in total. The lowest BCUT2D eigenvalue weighted by molar-refractivity contribution is -0.123. The third-order valence-corrected chi connectivity index (χ3v) is 2.71. The second kappa shape index (κ2) is 6.80. The summed E-state index contributed by atoms with van der Waals surface area (Å²) in [4.78, 5) is 13.8. The lowest BCUT2D eigenvalue weighted by atomic mass is 10.2. The standard InChI is InChI=1S/C11H23N3O/c1-3-4-10(2)13-11(15)9-14-7-5-12-6-8-14/h10,12H,3-9H2,1-2H3,(H,13,15). The van der Waals surface area contributed by atoms with Crippen molar-refractivity contribution < 1.29 is 4.79 Å². The maximum atomic E-state index is 11.6. The number of amides is 1. The molecule has 0 spiro atoms. The molecule has 2 N–H and O–H groups in total. The largest absolute Gasteiger partial charge is 0.353 e. The zero-order valence-corrected chi connectivity index (χ0v) is 9.88. The molecule has 1 aliphatic heterocycles. The fourth-order valence-corrected chi connectivity index (χ4v) is 1.90. The Kier molecular flexibility index (Phi) is 5.65. The van der Waals surface area contributed by atoms with Crippen molar-refractivity contribution in [3.8, 4) is 0 Å². The van der Waals surface area contributed by atoms with Gasteiger partial charge in [0.05, 0.1) is 6.54 Å². The average molecular weight is 213 g/mol. The van der Waals surface area contributed by atoms with Gasteiger partial charge in [-0.1, -0.05) is 13.3 Å². The minimum Gasteiger partial charge on any atom is -0.353 e. The van der Waals surface area contributed by atoms with Gasteiger partial charge in [0.2, 0.25) is 5.91 Å². The molecule has 0 aromatic heterocycles. The van der Waals surface area contributed by atoms with Gasteiger partial charge in [0.25, 0.3) is 0 Å². The van der Waals surface area contributed by atoms with Crippen molar-refractivity contribution in [3.63, 3.8) is 0 Å². The first kappa shape index (κ1) is 12.5. The fraction of sp³-hybridized carbons (Fsp3) is 0.909. The lowest BCUT2D eigenvalue weighted by Gasteiger charge is -2.27. The van der Waals surface area contributed by atoms with Crippen LogP contribution in [0.25, 0.3) is 0 Å². The third-order valence-electron chi connectivity index (χ3n) is 2.71. The summed E-state index contributed by atoms with van der Waals surface area (Å²) < 4.78 is 0. The number of carbonyl (C=O) groups excluding carboxylic acids is 1. The van der Waals surface area contributed by atoms with E-state index in [2.05, 4.69) is 29.4 Å². The highest BCUT2D eigenvalue weighted by Crippen LogP contribution is 1.96. The summed E-state index contributed by atoms with van der Waals surface area (Å²) >= 11 is 0. The van der Waals surface area contributed by atoms with Crippen LogP contribution in [0, 0.1) is 0 Å². The Hall–Kier alpha value is -0.610. The first-order chi connectivity index (χ1) is 7.22. The molecule has 1 unspecified atom stereocenters. The van der Waals surface area contributed by atoms with Crippen molar-refractivity contribution in [2.75, 3.05) is 32.7 Å². The van der Waals surface area contributed by atoms with Crippen molar-refractivity contribution >= 4 is 5.91 Å². The Morgan fingerprint density at radius 3 is 2.73 bits per heavy atom. The van der Waals surface area contributed by atoms with E-state index in [-0.39, 0.29) is 5.91 Å². The first-order valence-electron chi connectivity index (χ1n) is 5.94. The second-order valence-electron chi connectivity index (χ2n) is 4.28. The van der Waals surface area contributed by atoms with Crippen LogP contribution in [0.5, 0.6) is 0 Å². The van der Waals surface area contributed by atoms with E-state index in [1.54, 1.807) is 0 Å². The molecule has 0 aromatic rings. The molecule has 1 amide bonds. The average Bonchev–Trinajstić information content (AvgIpc) is 2.19. The van der Waals surface area contributed by atoms with Gasteiger partial charge in [-0.05, 0) is 13.3 Å². The summed E-state index contributed by atoms with van der Waals surface area (Å²) in [6.45, 7) is 8.72. The zero-order chi connectivity index (χ0) is 11.1. The van der Waals surface area contributed by atoms with E-state index in [0.717, 1.165) is 39.0 Å². The van der Waals surface area contributed by atoms with Crippen molar-refractivity contribution in [1.82, 2.24) is 15.5 Å². The molecule has 4 heteroatoms. The Morgan fingerprint density at radius 1 is 1.47 bits per heavy atom. The van der Waals surface area contributed by atoms with Gasteiger partial charge in [-0.3, -0.25) is 9.69 Å². The van der Waals surface area contributed by atoms with Gasteiger partial charge in [0, 0.05) is 32.2 Å². The second-order valence-corrected chi connectivity index (χ2v) is 4.28. The summed E-state index contributed by atoms with van der Waals surface area (Å²) in [5, 5.41) is 6.30. The molecular formula is C11H23N3O. The molecule has 0 radical (unpaired) electrons. The highest BCUT2D eigenvalue weighted by atomic mass is 16.2. The number of rotatable bonds is 5. The van der Waals surface area contributed by atoms with E-state index >= 15 is 0 Å². The van der Waals surface area contributed by atoms with E-state index in [4.69, 9.17) is 0 Å². The maximum Gasteiger partial charge on any atom is 0.234 e.